The molecule has 0 spiro atoms. The van der Waals surface area contributed by atoms with E-state index in [-0.39, 0.29) is 0 Å². The molecule has 0 bridgehead atoms. The summed E-state index contributed by atoms with van der Waals surface area (Å²) in [5.41, 5.74) is 11.3. The van der Waals surface area contributed by atoms with Crippen LogP contribution in [0.5, 0.6) is 0 Å². The molecule has 62 valence electrons. The Balaban J connectivity index is 3.41. The minimum atomic E-state index is 0.355. The van der Waals surface area contributed by atoms with Gasteiger partial charge in [0.15, 0.2) is 0 Å². The van der Waals surface area contributed by atoms with E-state index in [2.05, 4.69) is 13.8 Å². The predicted molar refractivity (Wildman–Crippen MR) is 45.7 cm³/mol. The quantitative estimate of drug-likeness (QED) is 0.607. The van der Waals surface area contributed by atoms with Crippen molar-refractivity contribution in [2.24, 2.45) is 17.4 Å². The fraction of sp³-hybridized carbons (Fsp3) is 1.00. The Bertz CT molecular complexity index is 69.7. The highest BCUT2D eigenvalue weighted by Crippen LogP contribution is 2.09. The van der Waals surface area contributed by atoms with E-state index in [1.54, 1.807) is 0 Å². The van der Waals surface area contributed by atoms with E-state index in [1.165, 1.54) is 0 Å². The summed E-state index contributed by atoms with van der Waals surface area (Å²) in [6.45, 7) is 5.07. The first-order valence-corrected chi connectivity index (χ1v) is 4.20. The molecule has 0 aromatic carbocycles. The first-order valence-electron chi connectivity index (χ1n) is 4.20. The van der Waals surface area contributed by atoms with Crippen LogP contribution >= 0.6 is 0 Å². The van der Waals surface area contributed by atoms with Crippen molar-refractivity contribution in [1.82, 2.24) is 0 Å². The topological polar surface area (TPSA) is 52.0 Å². The van der Waals surface area contributed by atoms with Gasteiger partial charge in [-0.1, -0.05) is 20.3 Å². The molecule has 0 fully saturated rings. The molecule has 4 N–H and O–H groups in total. The first kappa shape index (κ1) is 9.92. The predicted octanol–water partition coefficient (Wildman–Crippen LogP) is 1.10. The van der Waals surface area contributed by atoms with E-state index in [9.17, 15) is 0 Å². The molecule has 0 rings (SSSR count). The summed E-state index contributed by atoms with van der Waals surface area (Å²) in [5, 5.41) is 0. The maximum atomic E-state index is 5.77. The van der Waals surface area contributed by atoms with Crippen molar-refractivity contribution in [3.05, 3.63) is 0 Å². The molecule has 0 aliphatic heterocycles. The standard InChI is InChI=1S/C8H20N2/c1-3-7(6-9)5-8(10)4-2/h7-8H,3-6,9-10H2,1-2H3. The van der Waals surface area contributed by atoms with Gasteiger partial charge in [0, 0.05) is 6.04 Å². The van der Waals surface area contributed by atoms with Crippen molar-refractivity contribution in [1.29, 1.82) is 0 Å². The van der Waals surface area contributed by atoms with E-state index in [4.69, 9.17) is 11.5 Å². The zero-order chi connectivity index (χ0) is 7.98. The molecule has 0 aliphatic rings. The summed E-state index contributed by atoms with van der Waals surface area (Å²) >= 11 is 0. The molecule has 0 saturated heterocycles. The molecule has 2 heteroatoms. The van der Waals surface area contributed by atoms with Gasteiger partial charge in [-0.15, -0.1) is 0 Å². The van der Waals surface area contributed by atoms with Gasteiger partial charge in [0.1, 0.15) is 0 Å². The molecule has 2 unspecified atom stereocenters. The maximum Gasteiger partial charge on any atom is 0.00393 e. The Hall–Kier alpha value is -0.0800. The Morgan fingerprint density at radius 3 is 2.10 bits per heavy atom. The van der Waals surface area contributed by atoms with E-state index in [0.29, 0.717) is 12.0 Å². The summed E-state index contributed by atoms with van der Waals surface area (Å²) in [7, 11) is 0. The smallest absolute Gasteiger partial charge is 0.00393 e. The molecule has 0 aliphatic carbocycles. The van der Waals surface area contributed by atoms with Crippen LogP contribution < -0.4 is 11.5 Å². The van der Waals surface area contributed by atoms with Crippen molar-refractivity contribution >= 4 is 0 Å². The first-order chi connectivity index (χ1) is 4.74. The zero-order valence-corrected chi connectivity index (χ0v) is 7.14. The van der Waals surface area contributed by atoms with Crippen LogP contribution in [0.2, 0.25) is 0 Å². The molecular formula is C8H20N2. The van der Waals surface area contributed by atoms with Crippen LogP contribution in [0, 0.1) is 5.92 Å². The maximum absolute atomic E-state index is 5.77. The van der Waals surface area contributed by atoms with Crippen LogP contribution in [0.25, 0.3) is 0 Å². The monoisotopic (exact) mass is 144 g/mol. The molecule has 0 saturated carbocycles. The van der Waals surface area contributed by atoms with Gasteiger partial charge in [-0.3, -0.25) is 0 Å². The van der Waals surface area contributed by atoms with Gasteiger partial charge < -0.3 is 11.5 Å². The minimum absolute atomic E-state index is 0.355. The summed E-state index contributed by atoms with van der Waals surface area (Å²) in [4.78, 5) is 0. The highest BCUT2D eigenvalue weighted by atomic mass is 14.6. The molecule has 0 heterocycles. The highest BCUT2D eigenvalue weighted by molar-refractivity contribution is 4.66. The molecule has 10 heavy (non-hydrogen) atoms. The van der Waals surface area contributed by atoms with Crippen LogP contribution in [0.1, 0.15) is 33.1 Å². The SMILES string of the molecule is CCC(N)CC(CC)CN. The van der Waals surface area contributed by atoms with Gasteiger partial charge in [-0.05, 0) is 25.3 Å². The van der Waals surface area contributed by atoms with Crippen molar-refractivity contribution < 1.29 is 0 Å². The van der Waals surface area contributed by atoms with Crippen LogP contribution in [0.4, 0.5) is 0 Å². The molecular weight excluding hydrogens is 124 g/mol. The lowest BCUT2D eigenvalue weighted by Crippen LogP contribution is -2.26. The Kier molecular flexibility index (Phi) is 5.64. The summed E-state index contributed by atoms with van der Waals surface area (Å²) in [5.74, 6) is 0.634. The average Bonchev–Trinajstić information content (AvgIpc) is 1.99. The van der Waals surface area contributed by atoms with Gasteiger partial charge in [0.2, 0.25) is 0 Å². The lowest BCUT2D eigenvalue weighted by atomic mass is 9.97. The Labute approximate surface area is 64.0 Å². The second-order valence-electron chi connectivity index (χ2n) is 2.91. The van der Waals surface area contributed by atoms with Crippen molar-refractivity contribution in [2.45, 2.75) is 39.2 Å². The van der Waals surface area contributed by atoms with Crippen molar-refractivity contribution in [2.75, 3.05) is 6.54 Å². The molecule has 0 amide bonds. The number of rotatable bonds is 5. The number of hydrogen-bond acceptors (Lipinski definition) is 2. The van der Waals surface area contributed by atoms with E-state index < -0.39 is 0 Å². The zero-order valence-electron chi connectivity index (χ0n) is 7.14. The van der Waals surface area contributed by atoms with E-state index in [0.717, 1.165) is 25.8 Å². The van der Waals surface area contributed by atoms with Gasteiger partial charge >= 0.3 is 0 Å². The lowest BCUT2D eigenvalue weighted by Gasteiger charge is -2.15. The fourth-order valence-corrected chi connectivity index (χ4v) is 1.02. The number of nitrogens with two attached hydrogens (primary N) is 2. The van der Waals surface area contributed by atoms with Gasteiger partial charge in [-0.2, -0.15) is 0 Å². The Morgan fingerprint density at radius 1 is 1.20 bits per heavy atom. The molecule has 0 aromatic rings. The normalized spacial score (nSPS) is 16.8. The molecule has 0 radical (unpaired) electrons. The second-order valence-corrected chi connectivity index (χ2v) is 2.91. The summed E-state index contributed by atoms with van der Waals surface area (Å²) in [6, 6.07) is 0.355. The number of hydrogen-bond donors (Lipinski definition) is 2. The summed E-state index contributed by atoms with van der Waals surface area (Å²) < 4.78 is 0. The van der Waals surface area contributed by atoms with Crippen LogP contribution in [-0.2, 0) is 0 Å². The van der Waals surface area contributed by atoms with Gasteiger partial charge in [-0.25, -0.2) is 0 Å². The van der Waals surface area contributed by atoms with Crippen molar-refractivity contribution in [3.63, 3.8) is 0 Å². The molecule has 2 nitrogen and oxygen atoms in total. The molecule has 0 aromatic heterocycles. The van der Waals surface area contributed by atoms with Crippen LogP contribution in [0.15, 0.2) is 0 Å². The van der Waals surface area contributed by atoms with E-state index in [1.807, 2.05) is 0 Å². The molecule has 2 atom stereocenters. The Morgan fingerprint density at radius 2 is 1.80 bits per heavy atom. The summed E-state index contributed by atoms with van der Waals surface area (Å²) in [6.07, 6.45) is 3.31. The van der Waals surface area contributed by atoms with Gasteiger partial charge in [0.25, 0.3) is 0 Å². The average molecular weight is 144 g/mol. The third-order valence-corrected chi connectivity index (χ3v) is 2.07. The highest BCUT2D eigenvalue weighted by Gasteiger charge is 2.07. The van der Waals surface area contributed by atoms with Crippen LogP contribution in [-0.4, -0.2) is 12.6 Å². The van der Waals surface area contributed by atoms with Gasteiger partial charge in [0.05, 0.1) is 0 Å². The van der Waals surface area contributed by atoms with E-state index >= 15 is 0 Å². The second kappa shape index (κ2) is 5.69. The minimum Gasteiger partial charge on any atom is -0.330 e. The third kappa shape index (κ3) is 3.85. The lowest BCUT2D eigenvalue weighted by molar-refractivity contribution is 0.422. The third-order valence-electron chi connectivity index (χ3n) is 2.07. The van der Waals surface area contributed by atoms with Crippen molar-refractivity contribution in [3.8, 4) is 0 Å². The largest absolute Gasteiger partial charge is 0.330 e. The van der Waals surface area contributed by atoms with Crippen LogP contribution in [0.3, 0.4) is 0 Å². The fourth-order valence-electron chi connectivity index (χ4n) is 1.02.